The average Bonchev–Trinajstić information content (AvgIpc) is 2.95. The Morgan fingerprint density at radius 3 is 2.95 bits per heavy atom. The van der Waals surface area contributed by atoms with E-state index in [0.29, 0.717) is 24.8 Å². The molecule has 20 heavy (non-hydrogen) atoms. The second kappa shape index (κ2) is 6.22. The van der Waals surface area contributed by atoms with E-state index < -0.39 is 5.97 Å². The van der Waals surface area contributed by atoms with Crippen molar-refractivity contribution in [3.8, 4) is 0 Å². The van der Waals surface area contributed by atoms with Crippen molar-refractivity contribution >= 4 is 29.3 Å². The van der Waals surface area contributed by atoms with Crippen LogP contribution in [0, 0.1) is 11.8 Å². The predicted octanol–water partition coefficient (Wildman–Crippen LogP) is 2.85. The van der Waals surface area contributed by atoms with Crippen LogP contribution < -0.4 is 0 Å². The molecule has 1 aromatic rings. The average molecular weight is 293 g/mol. The number of aliphatic carboxylic acids is 1. The minimum atomic E-state index is -0.959. The molecule has 0 bridgehead atoms. The van der Waals surface area contributed by atoms with Gasteiger partial charge in [0, 0.05) is 23.9 Å². The maximum absolute atomic E-state index is 12.0. The van der Waals surface area contributed by atoms with E-state index in [-0.39, 0.29) is 5.91 Å². The first kappa shape index (κ1) is 14.8. The van der Waals surface area contributed by atoms with E-state index >= 15 is 0 Å². The summed E-state index contributed by atoms with van der Waals surface area (Å²) in [5.41, 5.74) is 0.887. The molecule has 1 saturated heterocycles. The van der Waals surface area contributed by atoms with Crippen LogP contribution in [0.1, 0.15) is 30.7 Å². The molecular weight excluding hydrogens is 274 g/mol. The number of carbonyl (C=O) groups excluding carboxylic acids is 1. The number of hydrogen-bond donors (Lipinski definition) is 1. The number of thiophene rings is 1. The molecule has 2 rings (SSSR count). The van der Waals surface area contributed by atoms with E-state index in [1.165, 1.54) is 0 Å². The highest BCUT2D eigenvalue weighted by Crippen LogP contribution is 2.28. The Bertz CT molecular complexity index is 533. The van der Waals surface area contributed by atoms with Gasteiger partial charge >= 0.3 is 5.97 Å². The van der Waals surface area contributed by atoms with Gasteiger partial charge in [0.2, 0.25) is 5.91 Å². The molecule has 0 spiro atoms. The van der Waals surface area contributed by atoms with E-state index in [9.17, 15) is 9.59 Å². The van der Waals surface area contributed by atoms with Crippen LogP contribution in [-0.4, -0.2) is 28.4 Å². The molecule has 1 atom stereocenters. The first-order valence-electron chi connectivity index (χ1n) is 6.72. The van der Waals surface area contributed by atoms with E-state index in [1.54, 1.807) is 17.4 Å². The number of amides is 1. The number of likely N-dealkylation sites (tertiary alicyclic amines) is 1. The zero-order chi connectivity index (χ0) is 14.7. The molecule has 1 aliphatic heterocycles. The monoisotopic (exact) mass is 293 g/mol. The number of nitrogens with zero attached hydrogens (tertiary/aromatic N) is 1. The van der Waals surface area contributed by atoms with Crippen molar-refractivity contribution in [3.05, 3.63) is 28.0 Å². The zero-order valence-corrected chi connectivity index (χ0v) is 12.5. The molecule has 1 N–H and O–H groups in total. The minimum absolute atomic E-state index is 0.199. The van der Waals surface area contributed by atoms with Gasteiger partial charge in [-0.2, -0.15) is 0 Å². The van der Waals surface area contributed by atoms with Gasteiger partial charge in [0.05, 0.1) is 6.54 Å². The lowest BCUT2D eigenvalue weighted by atomic mass is 9.95. The standard InChI is InChI=1S/C15H19NO3S/c1-10(2)12-7-14(17)16(8-12)9-13-11(5-6-20-13)3-4-15(18)19/h3-6,10,12H,7-9H2,1-2H3,(H,18,19)/b4-3+. The summed E-state index contributed by atoms with van der Waals surface area (Å²) in [7, 11) is 0. The van der Waals surface area contributed by atoms with Crippen molar-refractivity contribution in [2.24, 2.45) is 11.8 Å². The van der Waals surface area contributed by atoms with Crippen LogP contribution in [0.25, 0.3) is 6.08 Å². The summed E-state index contributed by atoms with van der Waals surface area (Å²) in [6, 6.07) is 1.89. The highest BCUT2D eigenvalue weighted by atomic mass is 32.1. The molecule has 0 radical (unpaired) electrons. The van der Waals surface area contributed by atoms with Crippen LogP contribution in [0.5, 0.6) is 0 Å². The Morgan fingerprint density at radius 2 is 2.35 bits per heavy atom. The Labute approximate surface area is 122 Å². The van der Waals surface area contributed by atoms with Gasteiger partial charge in [0.1, 0.15) is 0 Å². The summed E-state index contributed by atoms with van der Waals surface area (Å²) in [6.07, 6.45) is 3.35. The summed E-state index contributed by atoms with van der Waals surface area (Å²) in [4.78, 5) is 25.5. The summed E-state index contributed by atoms with van der Waals surface area (Å²) in [6.45, 7) is 5.68. The number of carboxylic acids is 1. The second-order valence-corrected chi connectivity index (χ2v) is 6.45. The molecule has 5 heteroatoms. The fourth-order valence-corrected chi connectivity index (χ4v) is 3.25. The van der Waals surface area contributed by atoms with E-state index in [1.807, 2.05) is 16.3 Å². The van der Waals surface area contributed by atoms with Gasteiger partial charge in [-0.1, -0.05) is 13.8 Å². The van der Waals surface area contributed by atoms with Crippen LogP contribution in [0.15, 0.2) is 17.5 Å². The van der Waals surface area contributed by atoms with Crippen LogP contribution >= 0.6 is 11.3 Å². The second-order valence-electron chi connectivity index (χ2n) is 5.45. The number of carbonyl (C=O) groups is 2. The van der Waals surface area contributed by atoms with Crippen LogP contribution in [0.4, 0.5) is 0 Å². The molecule has 1 aliphatic rings. The highest BCUT2D eigenvalue weighted by molar-refractivity contribution is 7.10. The molecule has 1 unspecified atom stereocenters. The predicted molar refractivity (Wildman–Crippen MR) is 79.4 cm³/mol. The van der Waals surface area contributed by atoms with Crippen LogP contribution in [0.3, 0.4) is 0 Å². The molecule has 4 nitrogen and oxygen atoms in total. The third-order valence-electron chi connectivity index (χ3n) is 3.71. The van der Waals surface area contributed by atoms with Crippen molar-refractivity contribution in [3.63, 3.8) is 0 Å². The smallest absolute Gasteiger partial charge is 0.328 e. The number of rotatable bonds is 5. The topological polar surface area (TPSA) is 57.6 Å². The fourth-order valence-electron chi connectivity index (χ4n) is 2.36. The molecule has 1 fully saturated rings. The van der Waals surface area contributed by atoms with Gasteiger partial charge in [0.15, 0.2) is 0 Å². The summed E-state index contributed by atoms with van der Waals surface area (Å²) >= 11 is 1.56. The van der Waals surface area contributed by atoms with Gasteiger partial charge < -0.3 is 10.0 Å². The van der Waals surface area contributed by atoms with E-state index in [2.05, 4.69) is 13.8 Å². The molecule has 108 valence electrons. The maximum Gasteiger partial charge on any atom is 0.328 e. The first-order chi connectivity index (χ1) is 9.47. The lowest BCUT2D eigenvalue weighted by Gasteiger charge is -2.17. The largest absolute Gasteiger partial charge is 0.478 e. The van der Waals surface area contributed by atoms with Crippen LogP contribution in [0.2, 0.25) is 0 Å². The molecular formula is C15H19NO3S. The summed E-state index contributed by atoms with van der Waals surface area (Å²) in [5.74, 6) is 0.184. The van der Waals surface area contributed by atoms with E-state index in [0.717, 1.165) is 23.1 Å². The zero-order valence-electron chi connectivity index (χ0n) is 11.7. The quantitative estimate of drug-likeness (QED) is 0.849. The molecule has 2 heterocycles. The Morgan fingerprint density at radius 1 is 1.60 bits per heavy atom. The third kappa shape index (κ3) is 3.48. The Balaban J connectivity index is 2.06. The van der Waals surface area contributed by atoms with Crippen molar-refractivity contribution in [2.75, 3.05) is 6.54 Å². The lowest BCUT2D eigenvalue weighted by Crippen LogP contribution is -2.25. The van der Waals surface area contributed by atoms with Gasteiger partial charge in [-0.05, 0) is 34.9 Å². The SMILES string of the molecule is CC(C)C1CC(=O)N(Cc2sccc2/C=C/C(=O)O)C1. The Hall–Kier alpha value is -1.62. The van der Waals surface area contributed by atoms with Crippen LogP contribution in [-0.2, 0) is 16.1 Å². The maximum atomic E-state index is 12.0. The first-order valence-corrected chi connectivity index (χ1v) is 7.60. The fraction of sp³-hybridized carbons (Fsp3) is 0.467. The molecule has 0 aromatic carbocycles. The minimum Gasteiger partial charge on any atom is -0.478 e. The lowest BCUT2D eigenvalue weighted by molar-refractivity contribution is -0.131. The number of hydrogen-bond acceptors (Lipinski definition) is 3. The Kier molecular flexibility index (Phi) is 4.60. The molecule has 1 aromatic heterocycles. The van der Waals surface area contributed by atoms with Gasteiger partial charge in [-0.15, -0.1) is 11.3 Å². The van der Waals surface area contributed by atoms with Gasteiger partial charge in [0.25, 0.3) is 0 Å². The number of carboxylic acid groups (broad SMARTS) is 1. The van der Waals surface area contributed by atoms with Crippen molar-refractivity contribution in [1.82, 2.24) is 4.90 Å². The normalized spacial score (nSPS) is 19.4. The van der Waals surface area contributed by atoms with Crippen molar-refractivity contribution < 1.29 is 14.7 Å². The highest BCUT2D eigenvalue weighted by Gasteiger charge is 2.31. The van der Waals surface area contributed by atoms with Gasteiger partial charge in [-0.25, -0.2) is 4.79 Å². The molecule has 0 aliphatic carbocycles. The van der Waals surface area contributed by atoms with Crippen molar-refractivity contribution in [1.29, 1.82) is 0 Å². The van der Waals surface area contributed by atoms with E-state index in [4.69, 9.17) is 5.11 Å². The van der Waals surface area contributed by atoms with Crippen molar-refractivity contribution in [2.45, 2.75) is 26.8 Å². The molecule has 1 amide bonds. The third-order valence-corrected chi connectivity index (χ3v) is 4.63. The summed E-state index contributed by atoms with van der Waals surface area (Å²) in [5, 5.41) is 10.6. The van der Waals surface area contributed by atoms with Gasteiger partial charge in [-0.3, -0.25) is 4.79 Å². The molecule has 0 saturated carbocycles. The summed E-state index contributed by atoms with van der Waals surface area (Å²) < 4.78 is 0.